The minimum Gasteiger partial charge on any atom is -0.381 e. The second kappa shape index (κ2) is 7.20. The molecule has 7 heteroatoms. The minimum absolute atomic E-state index is 0.0749. The molecule has 0 saturated carbocycles. The van der Waals surface area contributed by atoms with Crippen molar-refractivity contribution in [2.24, 2.45) is 5.73 Å². The van der Waals surface area contributed by atoms with Gasteiger partial charge in [0.25, 0.3) is 5.91 Å². The van der Waals surface area contributed by atoms with Gasteiger partial charge in [-0.3, -0.25) is 4.79 Å². The highest BCUT2D eigenvalue weighted by Crippen LogP contribution is 2.35. The van der Waals surface area contributed by atoms with Crippen LogP contribution in [0.3, 0.4) is 0 Å². The van der Waals surface area contributed by atoms with Gasteiger partial charge in [-0.05, 0) is 39.5 Å². The summed E-state index contributed by atoms with van der Waals surface area (Å²) in [5, 5.41) is 0. The summed E-state index contributed by atoms with van der Waals surface area (Å²) < 4.78 is 5.55. The predicted octanol–water partition coefficient (Wildman–Crippen LogP) is 1.58. The number of carbonyl (C=O) groups excluding carboxylic acids is 1. The number of carbonyl (C=O) groups is 1. The zero-order chi connectivity index (χ0) is 19.0. The number of hydrogen-bond donors (Lipinski definition) is 1. The summed E-state index contributed by atoms with van der Waals surface area (Å²) in [6.45, 7) is 7.63. The first-order valence-electron chi connectivity index (χ1n) is 9.91. The Morgan fingerprint density at radius 3 is 2.74 bits per heavy atom. The Kier molecular flexibility index (Phi) is 4.90. The fourth-order valence-electron chi connectivity index (χ4n) is 4.43. The summed E-state index contributed by atoms with van der Waals surface area (Å²) in [7, 11) is 0. The molecule has 1 aromatic heterocycles. The first-order chi connectivity index (χ1) is 13.0. The van der Waals surface area contributed by atoms with Crippen LogP contribution in [0.5, 0.6) is 0 Å². The molecule has 2 saturated heterocycles. The first-order valence-corrected chi connectivity index (χ1v) is 9.91. The summed E-state index contributed by atoms with van der Waals surface area (Å²) in [5.41, 5.74) is 7.80. The first kappa shape index (κ1) is 18.4. The number of aryl methyl sites for hydroxylation is 1. The lowest BCUT2D eigenvalue weighted by Gasteiger charge is -2.47. The van der Waals surface area contributed by atoms with Gasteiger partial charge in [0.15, 0.2) is 0 Å². The van der Waals surface area contributed by atoms with Crippen LogP contribution in [0, 0.1) is 13.8 Å². The van der Waals surface area contributed by atoms with Gasteiger partial charge in [-0.15, -0.1) is 0 Å². The SMILES string of the molecule is Cc1nc(C(=O)N2CC=CCC23CCOCC3)nc(N2CC[C@@H](N)C2)c1C. The predicted molar refractivity (Wildman–Crippen MR) is 104 cm³/mol. The highest BCUT2D eigenvalue weighted by atomic mass is 16.5. The Morgan fingerprint density at radius 2 is 2.04 bits per heavy atom. The number of ether oxygens (including phenoxy) is 1. The fraction of sp³-hybridized carbons (Fsp3) is 0.650. The molecule has 3 aliphatic rings. The van der Waals surface area contributed by atoms with Crippen LogP contribution in [0.1, 0.15) is 47.6 Å². The molecule has 2 fully saturated rings. The second-order valence-electron chi connectivity index (χ2n) is 8.00. The Labute approximate surface area is 160 Å². The van der Waals surface area contributed by atoms with Crippen LogP contribution >= 0.6 is 0 Å². The maximum Gasteiger partial charge on any atom is 0.292 e. The summed E-state index contributed by atoms with van der Waals surface area (Å²) in [5.74, 6) is 1.08. The Hall–Kier alpha value is -1.99. The molecule has 0 aromatic carbocycles. The van der Waals surface area contributed by atoms with E-state index in [1.54, 1.807) is 0 Å². The third kappa shape index (κ3) is 3.34. The molecule has 4 rings (SSSR count). The van der Waals surface area contributed by atoms with Gasteiger partial charge in [0.2, 0.25) is 5.82 Å². The van der Waals surface area contributed by atoms with E-state index in [-0.39, 0.29) is 17.5 Å². The highest BCUT2D eigenvalue weighted by Gasteiger charge is 2.42. The van der Waals surface area contributed by atoms with Gasteiger partial charge in [0, 0.05) is 50.1 Å². The molecule has 2 N–H and O–H groups in total. The number of rotatable bonds is 2. The standard InChI is InChI=1S/C20H29N5O2/c1-14-15(2)22-17(23-18(14)24-10-5-16(21)13-24)19(26)25-9-4-3-6-20(25)7-11-27-12-8-20/h3-4,16H,5-13,21H2,1-2H3/t16-/m1/s1. The molecule has 0 aliphatic carbocycles. The van der Waals surface area contributed by atoms with E-state index >= 15 is 0 Å². The van der Waals surface area contributed by atoms with Crippen molar-refractivity contribution >= 4 is 11.7 Å². The molecule has 1 amide bonds. The molecular weight excluding hydrogens is 342 g/mol. The third-order valence-electron chi connectivity index (χ3n) is 6.27. The Bertz CT molecular complexity index is 757. The number of anilines is 1. The molecule has 146 valence electrons. The van der Waals surface area contributed by atoms with Crippen LogP contribution in [-0.2, 0) is 4.74 Å². The van der Waals surface area contributed by atoms with Crippen LogP contribution in [0.15, 0.2) is 12.2 Å². The van der Waals surface area contributed by atoms with Crippen molar-refractivity contribution in [1.29, 1.82) is 0 Å². The molecule has 0 bridgehead atoms. The molecule has 0 radical (unpaired) electrons. The van der Waals surface area contributed by atoms with E-state index in [0.29, 0.717) is 25.6 Å². The van der Waals surface area contributed by atoms with Gasteiger partial charge in [0.1, 0.15) is 5.82 Å². The van der Waals surface area contributed by atoms with Crippen molar-refractivity contribution in [2.75, 3.05) is 37.7 Å². The molecule has 7 nitrogen and oxygen atoms in total. The Balaban J connectivity index is 1.67. The van der Waals surface area contributed by atoms with Crippen molar-refractivity contribution in [3.05, 3.63) is 29.2 Å². The minimum atomic E-state index is -0.164. The Morgan fingerprint density at radius 1 is 1.26 bits per heavy atom. The van der Waals surface area contributed by atoms with Crippen molar-refractivity contribution in [1.82, 2.24) is 14.9 Å². The summed E-state index contributed by atoms with van der Waals surface area (Å²) >= 11 is 0. The van der Waals surface area contributed by atoms with E-state index in [0.717, 1.165) is 55.8 Å². The van der Waals surface area contributed by atoms with E-state index < -0.39 is 0 Å². The largest absolute Gasteiger partial charge is 0.381 e. The van der Waals surface area contributed by atoms with Gasteiger partial charge in [0.05, 0.1) is 5.54 Å². The zero-order valence-corrected chi connectivity index (χ0v) is 16.3. The summed E-state index contributed by atoms with van der Waals surface area (Å²) in [4.78, 5) is 26.9. The van der Waals surface area contributed by atoms with E-state index in [4.69, 9.17) is 15.5 Å². The maximum atomic E-state index is 13.5. The lowest BCUT2D eigenvalue weighted by atomic mass is 9.82. The number of aromatic nitrogens is 2. The number of nitrogens with two attached hydrogens (primary N) is 1. The van der Waals surface area contributed by atoms with Crippen molar-refractivity contribution < 1.29 is 9.53 Å². The van der Waals surface area contributed by atoms with Gasteiger partial charge in [-0.25, -0.2) is 9.97 Å². The van der Waals surface area contributed by atoms with Crippen LogP contribution in [0.25, 0.3) is 0 Å². The van der Waals surface area contributed by atoms with Gasteiger partial charge in [-0.1, -0.05) is 12.2 Å². The maximum absolute atomic E-state index is 13.5. The van der Waals surface area contributed by atoms with Crippen LogP contribution in [-0.4, -0.2) is 65.2 Å². The second-order valence-corrected chi connectivity index (χ2v) is 8.00. The van der Waals surface area contributed by atoms with Crippen molar-refractivity contribution in [3.8, 4) is 0 Å². The average molecular weight is 371 g/mol. The number of amides is 1. The van der Waals surface area contributed by atoms with Crippen LogP contribution in [0.2, 0.25) is 0 Å². The van der Waals surface area contributed by atoms with E-state index in [1.165, 1.54) is 0 Å². The van der Waals surface area contributed by atoms with Gasteiger partial charge < -0.3 is 20.3 Å². The molecular formula is C20H29N5O2. The summed E-state index contributed by atoms with van der Waals surface area (Å²) in [6, 6.07) is 0.163. The molecule has 4 heterocycles. The van der Waals surface area contributed by atoms with Crippen LogP contribution in [0.4, 0.5) is 5.82 Å². The molecule has 1 atom stereocenters. The van der Waals surface area contributed by atoms with E-state index in [1.807, 2.05) is 18.7 Å². The normalized spacial score (nSPS) is 24.6. The quantitative estimate of drug-likeness (QED) is 0.795. The van der Waals surface area contributed by atoms with E-state index in [9.17, 15) is 4.79 Å². The molecule has 27 heavy (non-hydrogen) atoms. The lowest BCUT2D eigenvalue weighted by molar-refractivity contribution is -0.0183. The lowest BCUT2D eigenvalue weighted by Crippen LogP contribution is -2.56. The third-order valence-corrected chi connectivity index (χ3v) is 6.27. The molecule has 3 aliphatic heterocycles. The molecule has 1 aromatic rings. The van der Waals surface area contributed by atoms with E-state index in [2.05, 4.69) is 22.0 Å². The molecule has 0 unspecified atom stereocenters. The highest BCUT2D eigenvalue weighted by molar-refractivity contribution is 5.92. The van der Waals surface area contributed by atoms with Crippen LogP contribution < -0.4 is 10.6 Å². The summed E-state index contributed by atoms with van der Waals surface area (Å²) in [6.07, 6.45) is 7.81. The smallest absolute Gasteiger partial charge is 0.292 e. The topological polar surface area (TPSA) is 84.6 Å². The molecule has 1 spiro atoms. The van der Waals surface area contributed by atoms with Gasteiger partial charge >= 0.3 is 0 Å². The van der Waals surface area contributed by atoms with Crippen molar-refractivity contribution in [3.63, 3.8) is 0 Å². The number of nitrogens with zero attached hydrogens (tertiary/aromatic N) is 4. The number of hydrogen-bond acceptors (Lipinski definition) is 6. The van der Waals surface area contributed by atoms with Crippen molar-refractivity contribution in [2.45, 2.75) is 51.1 Å². The average Bonchev–Trinajstić information content (AvgIpc) is 3.10. The van der Waals surface area contributed by atoms with Gasteiger partial charge in [-0.2, -0.15) is 0 Å². The fourth-order valence-corrected chi connectivity index (χ4v) is 4.43. The zero-order valence-electron chi connectivity index (χ0n) is 16.3. The monoisotopic (exact) mass is 371 g/mol.